The van der Waals surface area contributed by atoms with E-state index in [9.17, 15) is 19.2 Å². The number of fused-ring (bicyclic) bond motifs is 5. The molecule has 0 radical (unpaired) electrons. The van der Waals surface area contributed by atoms with Crippen molar-refractivity contribution < 1.29 is 33.1 Å². The normalized spacial score (nSPS) is 18.7. The number of carbonyl (C=O) groups is 4. The number of rotatable bonds is 3. The number of furan rings is 1. The molecule has 7 nitrogen and oxygen atoms in total. The zero-order chi connectivity index (χ0) is 23.3. The highest BCUT2D eigenvalue weighted by Crippen LogP contribution is 2.46. The first-order chi connectivity index (χ1) is 15.9. The molecule has 0 saturated heterocycles. The maximum absolute atomic E-state index is 13.2. The number of esters is 2. The maximum atomic E-state index is 13.2. The van der Waals surface area contributed by atoms with Crippen LogP contribution in [0.25, 0.3) is 11.3 Å². The number of hydrogen-bond donors (Lipinski definition) is 0. The van der Waals surface area contributed by atoms with Crippen LogP contribution >= 0.6 is 0 Å². The molecule has 0 saturated carbocycles. The van der Waals surface area contributed by atoms with E-state index in [0.717, 1.165) is 0 Å². The van der Waals surface area contributed by atoms with Gasteiger partial charge in [0.2, 0.25) is 17.2 Å². The van der Waals surface area contributed by atoms with E-state index in [1.54, 1.807) is 49.4 Å². The Morgan fingerprint density at radius 3 is 2.45 bits per heavy atom. The molecule has 1 unspecified atom stereocenters. The van der Waals surface area contributed by atoms with Crippen LogP contribution in [0.2, 0.25) is 0 Å². The Morgan fingerprint density at radius 1 is 1.00 bits per heavy atom. The van der Waals surface area contributed by atoms with Gasteiger partial charge in [-0.2, -0.15) is 0 Å². The molecule has 2 aromatic carbocycles. The van der Waals surface area contributed by atoms with Crippen molar-refractivity contribution >= 4 is 23.5 Å². The van der Waals surface area contributed by atoms with Gasteiger partial charge in [-0.1, -0.05) is 30.3 Å². The summed E-state index contributed by atoms with van der Waals surface area (Å²) in [7, 11) is 1.22. The van der Waals surface area contributed by atoms with Crippen LogP contribution in [0, 0.1) is 6.92 Å². The SMILES string of the molecule is COC(=O)C1(OC(=O)c2ccccc2)CCCc2c1ccc1c2C(=O)C(=O)c2c(C)coc2-1. The molecule has 0 N–H and O–H groups in total. The van der Waals surface area contributed by atoms with Crippen LogP contribution in [-0.2, 0) is 26.3 Å². The molecular formula is C26H20O7. The molecule has 1 heterocycles. The molecule has 0 bridgehead atoms. The van der Waals surface area contributed by atoms with Gasteiger partial charge in [0, 0.05) is 23.1 Å². The molecule has 166 valence electrons. The summed E-state index contributed by atoms with van der Waals surface area (Å²) in [6.07, 6.45) is 2.53. The van der Waals surface area contributed by atoms with Crippen molar-refractivity contribution in [1.29, 1.82) is 0 Å². The minimum Gasteiger partial charge on any atom is -0.466 e. The smallest absolute Gasteiger partial charge is 0.355 e. The highest BCUT2D eigenvalue weighted by molar-refractivity contribution is 6.53. The molecule has 1 atom stereocenters. The Balaban J connectivity index is 1.70. The Bertz CT molecular complexity index is 1330. The van der Waals surface area contributed by atoms with Gasteiger partial charge in [0.1, 0.15) is 5.76 Å². The Labute approximate surface area is 189 Å². The lowest BCUT2D eigenvalue weighted by molar-refractivity contribution is -0.166. The van der Waals surface area contributed by atoms with Crippen molar-refractivity contribution in [3.05, 3.63) is 82.1 Å². The summed E-state index contributed by atoms with van der Waals surface area (Å²) < 4.78 is 16.5. The number of methoxy groups -OCH3 is 1. The van der Waals surface area contributed by atoms with E-state index >= 15 is 0 Å². The van der Waals surface area contributed by atoms with Crippen molar-refractivity contribution in [2.75, 3.05) is 7.11 Å². The monoisotopic (exact) mass is 444 g/mol. The molecule has 3 aromatic rings. The lowest BCUT2D eigenvalue weighted by atomic mass is 9.73. The van der Waals surface area contributed by atoms with Crippen molar-refractivity contribution in [1.82, 2.24) is 0 Å². The van der Waals surface area contributed by atoms with Crippen molar-refractivity contribution in [2.24, 2.45) is 0 Å². The van der Waals surface area contributed by atoms with Gasteiger partial charge in [-0.15, -0.1) is 0 Å². The molecule has 5 rings (SSSR count). The molecule has 33 heavy (non-hydrogen) atoms. The Hall–Kier alpha value is -4.00. The van der Waals surface area contributed by atoms with Crippen LogP contribution in [0.4, 0.5) is 0 Å². The topological polar surface area (TPSA) is 99.9 Å². The molecule has 2 aliphatic carbocycles. The van der Waals surface area contributed by atoms with Gasteiger partial charge in [0.25, 0.3) is 0 Å². The molecular weight excluding hydrogens is 424 g/mol. The largest absolute Gasteiger partial charge is 0.466 e. The second kappa shape index (κ2) is 7.55. The lowest BCUT2D eigenvalue weighted by Crippen LogP contribution is -2.45. The Morgan fingerprint density at radius 2 is 1.73 bits per heavy atom. The van der Waals surface area contributed by atoms with Gasteiger partial charge in [-0.05, 0) is 43.0 Å². The fourth-order valence-electron chi connectivity index (χ4n) is 4.85. The third-order valence-corrected chi connectivity index (χ3v) is 6.38. The van der Waals surface area contributed by atoms with Crippen molar-refractivity contribution in [2.45, 2.75) is 31.8 Å². The number of Topliss-reactive ketones (excluding diaryl/α,β-unsaturated/α-hetero) is 2. The fraction of sp³-hybridized carbons (Fsp3) is 0.231. The number of aryl methyl sites for hydroxylation is 1. The summed E-state index contributed by atoms with van der Waals surface area (Å²) in [5, 5.41) is 0. The van der Waals surface area contributed by atoms with Crippen LogP contribution in [0.1, 0.15) is 60.6 Å². The number of ether oxygens (including phenoxy) is 2. The average molecular weight is 444 g/mol. The first-order valence-corrected chi connectivity index (χ1v) is 10.6. The van der Waals surface area contributed by atoms with Crippen LogP contribution in [-0.4, -0.2) is 30.6 Å². The molecule has 0 amide bonds. The van der Waals surface area contributed by atoms with E-state index < -0.39 is 29.1 Å². The number of hydrogen-bond acceptors (Lipinski definition) is 7. The summed E-state index contributed by atoms with van der Waals surface area (Å²) in [6, 6.07) is 11.6. The third kappa shape index (κ3) is 2.96. The summed E-state index contributed by atoms with van der Waals surface area (Å²) in [5.41, 5.74) is 0.963. The van der Waals surface area contributed by atoms with Gasteiger partial charge in [0.05, 0.1) is 24.5 Å². The van der Waals surface area contributed by atoms with Gasteiger partial charge in [-0.25, -0.2) is 9.59 Å². The minimum absolute atomic E-state index is 0.192. The van der Waals surface area contributed by atoms with Gasteiger partial charge in [-0.3, -0.25) is 9.59 Å². The standard InChI is InChI=1S/C26H20O7/c1-14-13-32-23-17-10-11-18-16(20(17)22(28)21(27)19(14)23)9-6-12-26(18,25(30)31-2)33-24(29)15-7-4-3-5-8-15/h3-5,7-8,10-11,13H,6,9,12H2,1-2H3. The van der Waals surface area contributed by atoms with Crippen molar-refractivity contribution in [3.63, 3.8) is 0 Å². The fourth-order valence-corrected chi connectivity index (χ4v) is 4.85. The summed E-state index contributed by atoms with van der Waals surface area (Å²) in [6.45, 7) is 1.71. The van der Waals surface area contributed by atoms with E-state index in [1.807, 2.05) is 0 Å². The maximum Gasteiger partial charge on any atom is 0.355 e. The summed E-state index contributed by atoms with van der Waals surface area (Å²) in [5.74, 6) is -2.39. The third-order valence-electron chi connectivity index (χ3n) is 6.38. The zero-order valence-corrected chi connectivity index (χ0v) is 18.1. The second-order valence-electron chi connectivity index (χ2n) is 8.22. The average Bonchev–Trinajstić information content (AvgIpc) is 3.23. The van der Waals surface area contributed by atoms with Gasteiger partial charge >= 0.3 is 11.9 Å². The number of benzene rings is 2. The lowest BCUT2D eigenvalue weighted by Gasteiger charge is -2.37. The molecule has 2 aliphatic rings. The van der Waals surface area contributed by atoms with Crippen LogP contribution in [0.15, 0.2) is 53.1 Å². The minimum atomic E-state index is -1.73. The summed E-state index contributed by atoms with van der Waals surface area (Å²) in [4.78, 5) is 52.1. The predicted octanol–water partition coefficient (Wildman–Crippen LogP) is 4.20. The molecule has 0 fully saturated rings. The second-order valence-corrected chi connectivity index (χ2v) is 8.22. The highest BCUT2D eigenvalue weighted by atomic mass is 16.6. The highest BCUT2D eigenvalue weighted by Gasteiger charge is 2.50. The molecule has 1 aromatic heterocycles. The number of ketones is 2. The van der Waals surface area contributed by atoms with E-state index in [0.29, 0.717) is 40.9 Å². The quantitative estimate of drug-likeness (QED) is 0.441. The van der Waals surface area contributed by atoms with E-state index in [-0.39, 0.29) is 23.1 Å². The zero-order valence-electron chi connectivity index (χ0n) is 18.1. The number of carbonyl (C=O) groups excluding carboxylic acids is 4. The van der Waals surface area contributed by atoms with E-state index in [1.165, 1.54) is 13.4 Å². The molecule has 7 heteroatoms. The van der Waals surface area contributed by atoms with Gasteiger partial charge < -0.3 is 13.9 Å². The van der Waals surface area contributed by atoms with E-state index in [2.05, 4.69) is 0 Å². The first-order valence-electron chi connectivity index (χ1n) is 10.6. The summed E-state index contributed by atoms with van der Waals surface area (Å²) >= 11 is 0. The van der Waals surface area contributed by atoms with Crippen LogP contribution in [0.5, 0.6) is 0 Å². The molecule has 0 aliphatic heterocycles. The molecule has 0 spiro atoms. The Kier molecular flexibility index (Phi) is 4.78. The van der Waals surface area contributed by atoms with Crippen LogP contribution < -0.4 is 0 Å². The van der Waals surface area contributed by atoms with E-state index in [4.69, 9.17) is 13.9 Å². The predicted molar refractivity (Wildman–Crippen MR) is 116 cm³/mol. The van der Waals surface area contributed by atoms with Crippen LogP contribution in [0.3, 0.4) is 0 Å². The first kappa shape index (κ1) is 20.9. The van der Waals surface area contributed by atoms with Gasteiger partial charge in [0.15, 0.2) is 0 Å². The van der Waals surface area contributed by atoms with Crippen molar-refractivity contribution in [3.8, 4) is 11.3 Å².